The fourth-order valence-electron chi connectivity index (χ4n) is 3.62. The van der Waals surface area contributed by atoms with Gasteiger partial charge in [-0.3, -0.25) is 9.78 Å². The molecule has 3 heterocycles. The number of aromatic nitrogens is 2. The van der Waals surface area contributed by atoms with E-state index < -0.39 is 0 Å². The van der Waals surface area contributed by atoms with Crippen molar-refractivity contribution >= 4 is 17.4 Å². The lowest BCUT2D eigenvalue weighted by Gasteiger charge is -2.33. The second kappa shape index (κ2) is 8.84. The van der Waals surface area contributed by atoms with Crippen LogP contribution in [0.1, 0.15) is 23.2 Å². The number of hydrogen-bond acceptors (Lipinski definition) is 5. The third-order valence-corrected chi connectivity index (χ3v) is 5.31. The van der Waals surface area contributed by atoms with Gasteiger partial charge in [0.25, 0.3) is 5.91 Å². The summed E-state index contributed by atoms with van der Waals surface area (Å²) in [7, 11) is 0. The van der Waals surface area contributed by atoms with Gasteiger partial charge in [-0.15, -0.1) is 0 Å². The Kier molecular flexibility index (Phi) is 5.81. The van der Waals surface area contributed by atoms with E-state index >= 15 is 0 Å². The molecule has 1 aliphatic heterocycles. The van der Waals surface area contributed by atoms with Gasteiger partial charge in [-0.2, -0.15) is 0 Å². The number of amides is 1. The standard InChI is InChI=1S/C23H24N4O2/c28-16-17-8-11-27(12-9-17)22-21(7-4-10-25-22)26-23(29)20-13-19(14-24-15-20)18-5-2-1-3-6-18/h1-7,10,13-15,17,28H,8-9,11-12,16H2,(H,26,29). The van der Waals surface area contributed by atoms with Crippen molar-refractivity contribution in [3.05, 3.63) is 72.7 Å². The molecule has 0 spiro atoms. The number of rotatable bonds is 5. The van der Waals surface area contributed by atoms with Crippen molar-refractivity contribution in [2.24, 2.45) is 5.92 Å². The van der Waals surface area contributed by atoms with E-state index in [-0.39, 0.29) is 12.5 Å². The van der Waals surface area contributed by atoms with Gasteiger partial charge in [0, 0.05) is 43.9 Å². The smallest absolute Gasteiger partial charge is 0.257 e. The van der Waals surface area contributed by atoms with Gasteiger partial charge in [0.05, 0.1) is 11.3 Å². The average Bonchev–Trinajstić information content (AvgIpc) is 2.80. The highest BCUT2D eigenvalue weighted by molar-refractivity contribution is 6.06. The Labute approximate surface area is 170 Å². The van der Waals surface area contributed by atoms with Crippen molar-refractivity contribution < 1.29 is 9.90 Å². The van der Waals surface area contributed by atoms with Crippen LogP contribution in [0.3, 0.4) is 0 Å². The molecule has 2 N–H and O–H groups in total. The quantitative estimate of drug-likeness (QED) is 0.698. The van der Waals surface area contributed by atoms with Crippen LogP contribution in [-0.2, 0) is 0 Å². The normalized spacial score (nSPS) is 14.6. The first-order valence-electron chi connectivity index (χ1n) is 9.87. The number of nitrogens with one attached hydrogen (secondary N) is 1. The highest BCUT2D eigenvalue weighted by atomic mass is 16.3. The van der Waals surface area contributed by atoms with Crippen LogP contribution in [0.4, 0.5) is 11.5 Å². The minimum atomic E-state index is -0.213. The van der Waals surface area contributed by atoms with E-state index in [1.54, 1.807) is 18.6 Å². The molecule has 6 heteroatoms. The summed E-state index contributed by atoms with van der Waals surface area (Å²) in [5, 5.41) is 12.4. The van der Waals surface area contributed by atoms with E-state index in [0.29, 0.717) is 17.2 Å². The van der Waals surface area contributed by atoms with Gasteiger partial charge in [0.1, 0.15) is 0 Å². The second-order valence-electron chi connectivity index (χ2n) is 7.27. The van der Waals surface area contributed by atoms with Crippen molar-refractivity contribution in [3.63, 3.8) is 0 Å². The Morgan fingerprint density at radius 3 is 2.62 bits per heavy atom. The van der Waals surface area contributed by atoms with E-state index in [4.69, 9.17) is 0 Å². The summed E-state index contributed by atoms with van der Waals surface area (Å²) in [5.74, 6) is 0.902. The molecular formula is C23H24N4O2. The third kappa shape index (κ3) is 4.43. The summed E-state index contributed by atoms with van der Waals surface area (Å²) < 4.78 is 0. The van der Waals surface area contributed by atoms with Gasteiger partial charge >= 0.3 is 0 Å². The predicted octanol–water partition coefficient (Wildman–Crippen LogP) is 3.60. The van der Waals surface area contributed by atoms with Gasteiger partial charge in [0.2, 0.25) is 0 Å². The first-order valence-corrected chi connectivity index (χ1v) is 9.87. The van der Waals surface area contributed by atoms with E-state index in [2.05, 4.69) is 20.2 Å². The molecule has 4 rings (SSSR count). The average molecular weight is 388 g/mol. The van der Waals surface area contributed by atoms with Crippen LogP contribution in [0, 0.1) is 5.92 Å². The number of aliphatic hydroxyl groups excluding tert-OH is 1. The summed E-state index contributed by atoms with van der Waals surface area (Å²) in [6.45, 7) is 1.86. The lowest BCUT2D eigenvalue weighted by Crippen LogP contribution is -2.35. The number of nitrogens with zero attached hydrogens (tertiary/aromatic N) is 3. The van der Waals surface area contributed by atoms with Crippen LogP contribution in [0.25, 0.3) is 11.1 Å². The molecule has 3 aromatic rings. The lowest BCUT2D eigenvalue weighted by atomic mass is 9.98. The molecular weight excluding hydrogens is 364 g/mol. The van der Waals surface area contributed by atoms with Crippen LogP contribution < -0.4 is 10.2 Å². The van der Waals surface area contributed by atoms with Crippen molar-refractivity contribution in [1.82, 2.24) is 9.97 Å². The largest absolute Gasteiger partial charge is 0.396 e. The Morgan fingerprint density at radius 1 is 1.07 bits per heavy atom. The van der Waals surface area contributed by atoms with E-state index in [0.717, 1.165) is 42.9 Å². The van der Waals surface area contributed by atoms with Crippen LogP contribution in [0.5, 0.6) is 0 Å². The SMILES string of the molecule is O=C(Nc1cccnc1N1CCC(CO)CC1)c1cncc(-c2ccccc2)c1. The number of aliphatic hydroxyl groups is 1. The van der Waals surface area contributed by atoms with Crippen molar-refractivity contribution in [2.45, 2.75) is 12.8 Å². The number of benzene rings is 1. The van der Waals surface area contributed by atoms with Crippen molar-refractivity contribution in [1.29, 1.82) is 0 Å². The minimum Gasteiger partial charge on any atom is -0.396 e. The monoisotopic (exact) mass is 388 g/mol. The zero-order valence-corrected chi connectivity index (χ0v) is 16.2. The number of piperidine rings is 1. The van der Waals surface area contributed by atoms with Crippen LogP contribution >= 0.6 is 0 Å². The molecule has 0 aliphatic carbocycles. The second-order valence-corrected chi connectivity index (χ2v) is 7.27. The maximum absolute atomic E-state index is 12.9. The molecule has 0 unspecified atom stereocenters. The van der Waals surface area contributed by atoms with Gasteiger partial charge in [0.15, 0.2) is 5.82 Å². The first kappa shape index (κ1) is 19.1. The van der Waals surface area contributed by atoms with Gasteiger partial charge in [-0.1, -0.05) is 30.3 Å². The van der Waals surface area contributed by atoms with E-state index in [9.17, 15) is 9.90 Å². The maximum atomic E-state index is 12.9. The molecule has 1 aromatic carbocycles. The maximum Gasteiger partial charge on any atom is 0.257 e. The first-order chi connectivity index (χ1) is 14.2. The van der Waals surface area contributed by atoms with Crippen molar-refractivity contribution in [2.75, 3.05) is 29.9 Å². The molecule has 1 aliphatic rings. The molecule has 0 radical (unpaired) electrons. The number of anilines is 2. The van der Waals surface area contributed by atoms with Crippen LogP contribution in [0.2, 0.25) is 0 Å². The Hall–Kier alpha value is -3.25. The van der Waals surface area contributed by atoms with Gasteiger partial charge in [-0.25, -0.2) is 4.98 Å². The van der Waals surface area contributed by atoms with E-state index in [1.165, 1.54) is 0 Å². The topological polar surface area (TPSA) is 78.4 Å². The molecule has 0 bridgehead atoms. The number of carbonyl (C=O) groups excluding carboxylic acids is 1. The zero-order valence-electron chi connectivity index (χ0n) is 16.2. The summed E-state index contributed by atoms with van der Waals surface area (Å²) in [6.07, 6.45) is 6.91. The lowest BCUT2D eigenvalue weighted by molar-refractivity contribution is 0.102. The Balaban J connectivity index is 1.52. The molecule has 29 heavy (non-hydrogen) atoms. The minimum absolute atomic E-state index is 0.213. The van der Waals surface area contributed by atoms with Crippen LogP contribution in [-0.4, -0.2) is 40.7 Å². The zero-order chi connectivity index (χ0) is 20.1. The Bertz CT molecular complexity index is 969. The fraction of sp³-hybridized carbons (Fsp3) is 0.261. The predicted molar refractivity (Wildman–Crippen MR) is 114 cm³/mol. The van der Waals surface area contributed by atoms with Gasteiger partial charge < -0.3 is 15.3 Å². The fourth-order valence-corrected chi connectivity index (χ4v) is 3.62. The molecule has 2 aromatic heterocycles. The number of pyridine rings is 2. The number of hydrogen-bond donors (Lipinski definition) is 2. The molecule has 1 fully saturated rings. The molecule has 0 saturated carbocycles. The molecule has 0 atom stereocenters. The Morgan fingerprint density at radius 2 is 1.86 bits per heavy atom. The third-order valence-electron chi connectivity index (χ3n) is 5.31. The number of carbonyl (C=O) groups is 1. The summed E-state index contributed by atoms with van der Waals surface area (Å²) in [5.41, 5.74) is 3.10. The summed E-state index contributed by atoms with van der Waals surface area (Å²) >= 11 is 0. The summed E-state index contributed by atoms with van der Waals surface area (Å²) in [4.78, 5) is 23.8. The summed E-state index contributed by atoms with van der Waals surface area (Å²) in [6, 6.07) is 15.4. The molecule has 1 saturated heterocycles. The van der Waals surface area contributed by atoms with E-state index in [1.807, 2.05) is 48.5 Å². The van der Waals surface area contributed by atoms with Crippen molar-refractivity contribution in [3.8, 4) is 11.1 Å². The molecule has 1 amide bonds. The highest BCUT2D eigenvalue weighted by Gasteiger charge is 2.22. The highest BCUT2D eigenvalue weighted by Crippen LogP contribution is 2.28. The molecule has 6 nitrogen and oxygen atoms in total. The van der Waals surface area contributed by atoms with Gasteiger partial charge in [-0.05, 0) is 42.5 Å². The van der Waals surface area contributed by atoms with Crippen LogP contribution in [0.15, 0.2) is 67.1 Å². The molecule has 148 valence electrons.